The summed E-state index contributed by atoms with van der Waals surface area (Å²) >= 11 is 0. The second kappa shape index (κ2) is 6.36. The molecule has 6 heteroatoms. The van der Waals surface area contributed by atoms with Crippen molar-refractivity contribution in [3.63, 3.8) is 0 Å². The Bertz CT molecular complexity index is 478. The van der Waals surface area contributed by atoms with E-state index in [0.717, 1.165) is 5.69 Å². The zero-order valence-electron chi connectivity index (χ0n) is 11.5. The van der Waals surface area contributed by atoms with E-state index >= 15 is 0 Å². The smallest absolute Gasteiger partial charge is 0.317 e. The van der Waals surface area contributed by atoms with Crippen LogP contribution in [0.3, 0.4) is 0 Å². The summed E-state index contributed by atoms with van der Waals surface area (Å²) in [5.41, 5.74) is 0.778. The molecule has 0 bridgehead atoms. The van der Waals surface area contributed by atoms with E-state index in [4.69, 9.17) is 5.11 Å². The van der Waals surface area contributed by atoms with E-state index in [0.29, 0.717) is 19.5 Å². The number of carboxylic acids is 1. The van der Waals surface area contributed by atoms with Crippen LogP contribution in [0.1, 0.15) is 19.0 Å². The maximum absolute atomic E-state index is 12.1. The average Bonchev–Trinajstić information content (AvgIpc) is 2.45. The van der Waals surface area contributed by atoms with E-state index < -0.39 is 11.9 Å². The molecule has 20 heavy (non-hydrogen) atoms. The molecule has 2 heterocycles. The minimum absolute atomic E-state index is 0.199. The number of nitrogens with zero attached hydrogens (tertiary/aromatic N) is 2. The van der Waals surface area contributed by atoms with E-state index in [-0.39, 0.29) is 18.5 Å². The van der Waals surface area contributed by atoms with Crippen LogP contribution in [-0.4, -0.2) is 40.1 Å². The highest BCUT2D eigenvalue weighted by atomic mass is 16.4. The fourth-order valence-corrected chi connectivity index (χ4v) is 2.48. The summed E-state index contributed by atoms with van der Waals surface area (Å²) in [7, 11) is 0. The summed E-state index contributed by atoms with van der Waals surface area (Å²) in [6.45, 7) is 3.18. The van der Waals surface area contributed by atoms with E-state index in [1.165, 1.54) is 0 Å². The van der Waals surface area contributed by atoms with Crippen LogP contribution >= 0.6 is 0 Å². The molecule has 0 aromatic carbocycles. The quantitative estimate of drug-likeness (QED) is 0.873. The van der Waals surface area contributed by atoms with Crippen molar-refractivity contribution in [2.45, 2.75) is 19.9 Å². The molecule has 0 aliphatic carbocycles. The van der Waals surface area contributed by atoms with Gasteiger partial charge in [0, 0.05) is 19.3 Å². The van der Waals surface area contributed by atoms with Gasteiger partial charge in [-0.3, -0.25) is 9.78 Å². The molecule has 0 radical (unpaired) electrons. The van der Waals surface area contributed by atoms with Gasteiger partial charge in [-0.15, -0.1) is 0 Å². The van der Waals surface area contributed by atoms with Gasteiger partial charge in [0.05, 0.1) is 18.2 Å². The van der Waals surface area contributed by atoms with Gasteiger partial charge >= 0.3 is 12.0 Å². The van der Waals surface area contributed by atoms with E-state index in [2.05, 4.69) is 10.3 Å². The monoisotopic (exact) mass is 277 g/mol. The number of nitrogens with one attached hydrogen (secondary N) is 1. The van der Waals surface area contributed by atoms with Crippen LogP contribution in [-0.2, 0) is 11.3 Å². The minimum atomic E-state index is -0.834. The molecule has 2 amide bonds. The van der Waals surface area contributed by atoms with Gasteiger partial charge in [-0.05, 0) is 24.5 Å². The molecule has 1 aliphatic rings. The third-order valence-corrected chi connectivity index (χ3v) is 3.44. The van der Waals surface area contributed by atoms with Gasteiger partial charge in [-0.1, -0.05) is 13.0 Å². The fourth-order valence-electron chi connectivity index (χ4n) is 2.48. The van der Waals surface area contributed by atoms with Gasteiger partial charge in [0.1, 0.15) is 0 Å². The van der Waals surface area contributed by atoms with Crippen molar-refractivity contribution in [1.82, 2.24) is 15.2 Å². The standard InChI is InChI=1S/C14H19N3O3/c1-10-6-11(13(18)19)9-17(8-10)14(20)16-7-12-4-2-3-5-15-12/h2-5,10-11H,6-9H2,1H3,(H,16,20)(H,18,19). The molecule has 1 aliphatic heterocycles. The number of hydrogen-bond acceptors (Lipinski definition) is 3. The van der Waals surface area contributed by atoms with Crippen LogP contribution in [0.4, 0.5) is 4.79 Å². The number of carboxylic acid groups (broad SMARTS) is 1. The molecule has 108 valence electrons. The second-order valence-corrected chi connectivity index (χ2v) is 5.26. The summed E-state index contributed by atoms with van der Waals surface area (Å²) in [5, 5.41) is 11.9. The van der Waals surface area contributed by atoms with Crippen molar-refractivity contribution in [2.24, 2.45) is 11.8 Å². The number of piperidine rings is 1. The number of aliphatic carboxylic acids is 1. The Hall–Kier alpha value is -2.11. The predicted molar refractivity (Wildman–Crippen MR) is 73.0 cm³/mol. The van der Waals surface area contributed by atoms with Gasteiger partial charge in [-0.2, -0.15) is 0 Å². The molecule has 2 rings (SSSR count). The number of likely N-dealkylation sites (tertiary alicyclic amines) is 1. The molecule has 0 saturated carbocycles. The van der Waals surface area contributed by atoms with Crippen molar-refractivity contribution < 1.29 is 14.7 Å². The normalized spacial score (nSPS) is 22.4. The summed E-state index contributed by atoms with van der Waals surface area (Å²) in [5.74, 6) is -1.11. The lowest BCUT2D eigenvalue weighted by molar-refractivity contribution is -0.143. The molecule has 2 unspecified atom stereocenters. The van der Waals surface area contributed by atoms with Crippen molar-refractivity contribution in [2.75, 3.05) is 13.1 Å². The number of rotatable bonds is 3. The Morgan fingerprint density at radius 3 is 2.90 bits per heavy atom. The van der Waals surface area contributed by atoms with Crippen LogP contribution in [0.2, 0.25) is 0 Å². The van der Waals surface area contributed by atoms with Gasteiger partial charge in [0.15, 0.2) is 0 Å². The number of amides is 2. The number of aromatic nitrogens is 1. The van der Waals surface area contributed by atoms with Crippen LogP contribution in [0, 0.1) is 11.8 Å². The van der Waals surface area contributed by atoms with Crippen molar-refractivity contribution in [3.05, 3.63) is 30.1 Å². The number of carbonyl (C=O) groups is 2. The van der Waals surface area contributed by atoms with Gasteiger partial charge in [-0.25, -0.2) is 4.79 Å². The molecule has 0 spiro atoms. The first-order chi connectivity index (χ1) is 9.56. The molecule has 1 aromatic rings. The second-order valence-electron chi connectivity index (χ2n) is 5.26. The molecule has 1 saturated heterocycles. The van der Waals surface area contributed by atoms with Crippen molar-refractivity contribution in [1.29, 1.82) is 0 Å². The first-order valence-electron chi connectivity index (χ1n) is 6.71. The summed E-state index contributed by atoms with van der Waals surface area (Å²) in [6, 6.07) is 5.28. The van der Waals surface area contributed by atoms with Crippen LogP contribution in [0.15, 0.2) is 24.4 Å². The maximum atomic E-state index is 12.1. The molecular weight excluding hydrogens is 258 g/mol. The lowest BCUT2D eigenvalue weighted by atomic mass is 9.91. The summed E-state index contributed by atoms with van der Waals surface area (Å²) in [6.07, 6.45) is 2.30. The Morgan fingerprint density at radius 1 is 1.45 bits per heavy atom. The molecule has 2 N–H and O–H groups in total. The highest BCUT2D eigenvalue weighted by molar-refractivity contribution is 5.76. The summed E-state index contributed by atoms with van der Waals surface area (Å²) in [4.78, 5) is 28.9. The van der Waals surface area contributed by atoms with Gasteiger partial charge in [0.25, 0.3) is 0 Å². The minimum Gasteiger partial charge on any atom is -0.481 e. The molecule has 1 aromatic heterocycles. The number of pyridine rings is 1. The third-order valence-electron chi connectivity index (χ3n) is 3.44. The van der Waals surface area contributed by atoms with Gasteiger partial charge < -0.3 is 15.3 Å². The first-order valence-corrected chi connectivity index (χ1v) is 6.71. The largest absolute Gasteiger partial charge is 0.481 e. The van der Waals surface area contributed by atoms with Crippen molar-refractivity contribution in [3.8, 4) is 0 Å². The lowest BCUT2D eigenvalue weighted by Crippen LogP contribution is -2.49. The SMILES string of the molecule is CC1CC(C(=O)O)CN(C(=O)NCc2ccccn2)C1. The molecule has 1 fully saturated rings. The number of carbonyl (C=O) groups excluding carboxylic acids is 1. The average molecular weight is 277 g/mol. The Balaban J connectivity index is 1.90. The summed E-state index contributed by atoms with van der Waals surface area (Å²) < 4.78 is 0. The van der Waals surface area contributed by atoms with Gasteiger partial charge in [0.2, 0.25) is 0 Å². The number of urea groups is 1. The predicted octanol–water partition coefficient (Wildman–Crippen LogP) is 1.33. The fraction of sp³-hybridized carbons (Fsp3) is 0.500. The van der Waals surface area contributed by atoms with Crippen LogP contribution in [0.5, 0.6) is 0 Å². The zero-order valence-corrected chi connectivity index (χ0v) is 11.5. The number of hydrogen-bond donors (Lipinski definition) is 2. The first kappa shape index (κ1) is 14.3. The topological polar surface area (TPSA) is 82.5 Å². The third kappa shape index (κ3) is 3.69. The molecular formula is C14H19N3O3. The van der Waals surface area contributed by atoms with Crippen molar-refractivity contribution >= 4 is 12.0 Å². The highest BCUT2D eigenvalue weighted by Gasteiger charge is 2.31. The van der Waals surface area contributed by atoms with E-state index in [9.17, 15) is 9.59 Å². The Labute approximate surface area is 117 Å². The van der Waals surface area contributed by atoms with E-state index in [1.807, 2.05) is 25.1 Å². The molecule has 2 atom stereocenters. The Kier molecular flexibility index (Phi) is 4.55. The zero-order chi connectivity index (χ0) is 14.5. The molecule has 6 nitrogen and oxygen atoms in total. The Morgan fingerprint density at radius 2 is 2.25 bits per heavy atom. The lowest BCUT2D eigenvalue weighted by Gasteiger charge is -2.34. The maximum Gasteiger partial charge on any atom is 0.317 e. The highest BCUT2D eigenvalue weighted by Crippen LogP contribution is 2.21. The van der Waals surface area contributed by atoms with Crippen LogP contribution in [0.25, 0.3) is 0 Å². The van der Waals surface area contributed by atoms with Crippen LogP contribution < -0.4 is 5.32 Å². The van der Waals surface area contributed by atoms with E-state index in [1.54, 1.807) is 11.1 Å².